The van der Waals surface area contributed by atoms with Crippen LogP contribution in [0.25, 0.3) is 0 Å². The molecule has 0 spiro atoms. The van der Waals surface area contributed by atoms with E-state index in [2.05, 4.69) is 0 Å². The summed E-state index contributed by atoms with van der Waals surface area (Å²) >= 11 is 0. The molecule has 0 unspecified atom stereocenters. The highest BCUT2D eigenvalue weighted by Crippen LogP contribution is 2.18. The SMILES string of the molecule is Cc1cccc(CN2C(=O)CN(CCCN3CCCC3=O)C(=O)[C@@H]2C)c1.O=CO. The van der Waals surface area contributed by atoms with Gasteiger partial charge in [0.15, 0.2) is 0 Å². The lowest BCUT2D eigenvalue weighted by Gasteiger charge is -2.39. The standard InChI is InChI=1S/C20H27N3O3.CH2O2/c1-15-6-3-7-17(12-15)13-23-16(2)20(26)22(14-19(23)25)11-5-10-21-9-4-8-18(21)24;2-1-3/h3,6-7,12,16H,4-5,8-11,13-14H2,1-2H3;1H,(H,2,3)/t16-;/m0./s1. The molecule has 2 aliphatic rings. The highest BCUT2D eigenvalue weighted by atomic mass is 16.3. The van der Waals surface area contributed by atoms with Gasteiger partial charge in [0.25, 0.3) is 6.47 Å². The Balaban J connectivity index is 0.000000941. The van der Waals surface area contributed by atoms with Crippen LogP contribution in [0.2, 0.25) is 0 Å². The topological polar surface area (TPSA) is 98.2 Å². The average molecular weight is 403 g/mol. The lowest BCUT2D eigenvalue weighted by Crippen LogP contribution is -2.58. The number of hydrogen-bond donors (Lipinski definition) is 1. The van der Waals surface area contributed by atoms with E-state index < -0.39 is 6.04 Å². The number of benzene rings is 1. The first-order chi connectivity index (χ1) is 13.9. The quantitative estimate of drug-likeness (QED) is 0.722. The summed E-state index contributed by atoms with van der Waals surface area (Å²) in [7, 11) is 0. The first kappa shape index (κ1) is 22.4. The Kier molecular flexibility index (Phi) is 8.18. The van der Waals surface area contributed by atoms with Gasteiger partial charge in [0.05, 0.1) is 6.54 Å². The van der Waals surface area contributed by atoms with Crippen LogP contribution < -0.4 is 0 Å². The van der Waals surface area contributed by atoms with Crippen LogP contribution in [-0.4, -0.2) is 76.2 Å². The summed E-state index contributed by atoms with van der Waals surface area (Å²) in [5.41, 5.74) is 2.18. The number of carbonyl (C=O) groups is 4. The van der Waals surface area contributed by atoms with Crippen molar-refractivity contribution in [2.75, 3.05) is 26.2 Å². The van der Waals surface area contributed by atoms with Crippen molar-refractivity contribution >= 4 is 24.2 Å². The maximum absolute atomic E-state index is 12.7. The predicted molar refractivity (Wildman–Crippen MR) is 107 cm³/mol. The molecule has 2 aliphatic heterocycles. The molecule has 0 bridgehead atoms. The molecule has 1 atom stereocenters. The van der Waals surface area contributed by atoms with Gasteiger partial charge in [-0.05, 0) is 32.3 Å². The van der Waals surface area contributed by atoms with Gasteiger partial charge in [-0.25, -0.2) is 0 Å². The number of likely N-dealkylation sites (tertiary alicyclic amines) is 1. The molecule has 8 heteroatoms. The van der Waals surface area contributed by atoms with Crippen LogP contribution >= 0.6 is 0 Å². The van der Waals surface area contributed by atoms with E-state index in [1.54, 1.807) is 16.7 Å². The summed E-state index contributed by atoms with van der Waals surface area (Å²) in [5, 5.41) is 6.89. The fraction of sp³-hybridized carbons (Fsp3) is 0.524. The van der Waals surface area contributed by atoms with Gasteiger partial charge in [-0.2, -0.15) is 0 Å². The van der Waals surface area contributed by atoms with E-state index in [9.17, 15) is 14.4 Å². The Bertz CT molecular complexity index is 752. The molecule has 1 N–H and O–H groups in total. The second kappa shape index (κ2) is 10.6. The minimum absolute atomic E-state index is 0.00926. The molecule has 3 rings (SSSR count). The van der Waals surface area contributed by atoms with Crippen molar-refractivity contribution in [3.05, 3.63) is 35.4 Å². The van der Waals surface area contributed by atoms with Crippen LogP contribution in [0.15, 0.2) is 24.3 Å². The summed E-state index contributed by atoms with van der Waals surface area (Å²) < 4.78 is 0. The minimum Gasteiger partial charge on any atom is -0.483 e. The third-order valence-corrected chi connectivity index (χ3v) is 5.25. The largest absolute Gasteiger partial charge is 0.483 e. The number of amides is 3. The van der Waals surface area contributed by atoms with Crippen LogP contribution in [0.1, 0.15) is 37.3 Å². The Morgan fingerprint density at radius 1 is 1.14 bits per heavy atom. The molecule has 0 radical (unpaired) electrons. The van der Waals surface area contributed by atoms with E-state index in [-0.39, 0.29) is 30.7 Å². The lowest BCUT2D eigenvalue weighted by atomic mass is 10.1. The zero-order chi connectivity index (χ0) is 21.4. The van der Waals surface area contributed by atoms with Crippen LogP contribution in [0, 0.1) is 6.92 Å². The fourth-order valence-electron chi connectivity index (χ4n) is 3.76. The highest BCUT2D eigenvalue weighted by molar-refractivity contribution is 5.94. The Labute approximate surface area is 171 Å². The molecule has 1 aromatic carbocycles. The Morgan fingerprint density at radius 3 is 2.45 bits per heavy atom. The molecule has 3 amide bonds. The van der Waals surface area contributed by atoms with E-state index in [0.29, 0.717) is 26.1 Å². The van der Waals surface area contributed by atoms with Crippen LogP contribution in [-0.2, 0) is 25.7 Å². The lowest BCUT2D eigenvalue weighted by molar-refractivity contribution is -0.155. The van der Waals surface area contributed by atoms with Crippen molar-refractivity contribution in [3.63, 3.8) is 0 Å². The van der Waals surface area contributed by atoms with Crippen molar-refractivity contribution < 1.29 is 24.3 Å². The molecule has 1 aromatic rings. The molecular weight excluding hydrogens is 374 g/mol. The molecule has 8 nitrogen and oxygen atoms in total. The normalized spacial score (nSPS) is 19.3. The average Bonchev–Trinajstić information content (AvgIpc) is 3.08. The molecule has 2 heterocycles. The zero-order valence-corrected chi connectivity index (χ0v) is 17.0. The maximum Gasteiger partial charge on any atom is 0.290 e. The maximum atomic E-state index is 12.7. The molecular formula is C21H29N3O5. The second-order valence-corrected chi connectivity index (χ2v) is 7.39. The number of rotatable bonds is 6. The predicted octanol–water partition coefficient (Wildman–Crippen LogP) is 1.27. The summed E-state index contributed by atoms with van der Waals surface area (Å²) in [6.07, 6.45) is 2.27. The Hall–Kier alpha value is -2.90. The molecule has 0 aliphatic carbocycles. The van der Waals surface area contributed by atoms with Gasteiger partial charge >= 0.3 is 0 Å². The Morgan fingerprint density at radius 2 is 1.83 bits per heavy atom. The molecule has 29 heavy (non-hydrogen) atoms. The van der Waals surface area contributed by atoms with Crippen molar-refractivity contribution in [3.8, 4) is 0 Å². The van der Waals surface area contributed by atoms with E-state index in [1.165, 1.54) is 0 Å². The molecule has 2 fully saturated rings. The first-order valence-electron chi connectivity index (χ1n) is 9.86. The first-order valence-corrected chi connectivity index (χ1v) is 9.86. The van der Waals surface area contributed by atoms with Gasteiger partial charge < -0.3 is 19.8 Å². The van der Waals surface area contributed by atoms with Crippen LogP contribution in [0.3, 0.4) is 0 Å². The third kappa shape index (κ3) is 6.04. The number of carbonyl (C=O) groups excluding carboxylic acids is 3. The summed E-state index contributed by atoms with van der Waals surface area (Å²) in [4.78, 5) is 50.4. The number of carboxylic acid groups (broad SMARTS) is 1. The number of piperazine rings is 1. The summed E-state index contributed by atoms with van der Waals surface area (Å²) in [6.45, 7) is 6.16. The number of aryl methyl sites for hydroxylation is 1. The third-order valence-electron chi connectivity index (χ3n) is 5.25. The fourth-order valence-corrected chi connectivity index (χ4v) is 3.76. The van der Waals surface area contributed by atoms with Gasteiger partial charge in [-0.1, -0.05) is 29.8 Å². The van der Waals surface area contributed by atoms with Gasteiger partial charge in [0.2, 0.25) is 17.7 Å². The number of nitrogens with zero attached hydrogens (tertiary/aromatic N) is 3. The van der Waals surface area contributed by atoms with Crippen LogP contribution in [0.4, 0.5) is 0 Å². The van der Waals surface area contributed by atoms with E-state index >= 15 is 0 Å². The van der Waals surface area contributed by atoms with E-state index in [1.807, 2.05) is 36.1 Å². The van der Waals surface area contributed by atoms with Gasteiger partial charge in [-0.15, -0.1) is 0 Å². The summed E-state index contributed by atoms with van der Waals surface area (Å²) in [5.74, 6) is 0.171. The van der Waals surface area contributed by atoms with Crippen LogP contribution in [0.5, 0.6) is 0 Å². The van der Waals surface area contributed by atoms with Crippen molar-refractivity contribution in [1.82, 2.24) is 14.7 Å². The smallest absolute Gasteiger partial charge is 0.290 e. The summed E-state index contributed by atoms with van der Waals surface area (Å²) in [6, 6.07) is 7.56. The van der Waals surface area contributed by atoms with Crippen molar-refractivity contribution in [2.24, 2.45) is 0 Å². The molecule has 158 valence electrons. The van der Waals surface area contributed by atoms with Crippen molar-refractivity contribution in [1.29, 1.82) is 0 Å². The van der Waals surface area contributed by atoms with E-state index in [4.69, 9.17) is 9.90 Å². The van der Waals surface area contributed by atoms with Crippen molar-refractivity contribution in [2.45, 2.75) is 45.7 Å². The highest BCUT2D eigenvalue weighted by Gasteiger charge is 2.36. The van der Waals surface area contributed by atoms with E-state index in [0.717, 1.165) is 30.5 Å². The zero-order valence-electron chi connectivity index (χ0n) is 17.0. The minimum atomic E-state index is -0.454. The van der Waals surface area contributed by atoms with Gasteiger partial charge in [0, 0.05) is 32.6 Å². The molecule has 0 saturated carbocycles. The molecule has 0 aromatic heterocycles. The van der Waals surface area contributed by atoms with Gasteiger partial charge in [0.1, 0.15) is 6.04 Å². The molecule has 2 saturated heterocycles. The number of hydrogen-bond acceptors (Lipinski definition) is 4. The monoisotopic (exact) mass is 403 g/mol. The van der Waals surface area contributed by atoms with Gasteiger partial charge in [-0.3, -0.25) is 19.2 Å². The second-order valence-electron chi connectivity index (χ2n) is 7.39.